The lowest BCUT2D eigenvalue weighted by Gasteiger charge is -2.14. The van der Waals surface area contributed by atoms with Gasteiger partial charge in [0.1, 0.15) is 5.82 Å². The molecule has 0 heterocycles. The smallest absolute Gasteiger partial charge is 0.305 e. The summed E-state index contributed by atoms with van der Waals surface area (Å²) in [5, 5.41) is 13.7. The zero-order valence-corrected chi connectivity index (χ0v) is 11.3. The fourth-order valence-electron chi connectivity index (χ4n) is 1.98. The second-order valence-electron chi connectivity index (χ2n) is 4.67. The number of nitrogens with zero attached hydrogens (tertiary/aromatic N) is 1. The fraction of sp³-hybridized carbons (Fsp3) is 0.200. The maximum atomic E-state index is 13.6. The summed E-state index contributed by atoms with van der Waals surface area (Å²) < 4.78 is 26.9. The van der Waals surface area contributed by atoms with Crippen LogP contribution in [0.25, 0.3) is 0 Å². The summed E-state index contributed by atoms with van der Waals surface area (Å²) in [6.45, 7) is 1.97. The number of nitrogens with one attached hydrogen (secondary N) is 1. The second-order valence-corrected chi connectivity index (χ2v) is 4.67. The van der Waals surface area contributed by atoms with Gasteiger partial charge in [-0.25, -0.2) is 4.39 Å². The van der Waals surface area contributed by atoms with Crippen LogP contribution in [0.5, 0.6) is 0 Å². The van der Waals surface area contributed by atoms with E-state index in [-0.39, 0.29) is 18.2 Å². The van der Waals surface area contributed by atoms with E-state index in [1.807, 2.05) is 37.3 Å². The first-order chi connectivity index (χ1) is 9.99. The van der Waals surface area contributed by atoms with Crippen LogP contribution in [0.4, 0.5) is 14.5 Å². The Morgan fingerprint density at radius 1 is 1.19 bits per heavy atom. The minimum absolute atomic E-state index is 0.0605. The van der Waals surface area contributed by atoms with Gasteiger partial charge in [-0.05, 0) is 12.5 Å². The van der Waals surface area contributed by atoms with E-state index in [0.29, 0.717) is 6.07 Å². The summed E-state index contributed by atoms with van der Waals surface area (Å²) in [7, 11) is 0. The number of benzene rings is 2. The molecule has 0 spiro atoms. The summed E-state index contributed by atoms with van der Waals surface area (Å²) in [6, 6.07) is 10.9. The molecule has 2 aromatic rings. The molecule has 0 bridgehead atoms. The van der Waals surface area contributed by atoms with E-state index in [2.05, 4.69) is 5.32 Å². The van der Waals surface area contributed by atoms with E-state index >= 15 is 0 Å². The largest absolute Gasteiger partial charge is 0.306 e. The van der Waals surface area contributed by atoms with E-state index in [0.717, 1.165) is 11.6 Å². The number of nitro benzene ring substituents is 1. The molecule has 2 rings (SSSR count). The van der Waals surface area contributed by atoms with E-state index in [1.54, 1.807) is 0 Å². The van der Waals surface area contributed by atoms with Gasteiger partial charge in [0.25, 0.3) is 0 Å². The zero-order chi connectivity index (χ0) is 15.4. The molecule has 0 aliphatic carbocycles. The Morgan fingerprint density at radius 3 is 2.48 bits per heavy atom. The van der Waals surface area contributed by atoms with E-state index in [4.69, 9.17) is 0 Å². The van der Waals surface area contributed by atoms with Crippen molar-refractivity contribution >= 4 is 5.69 Å². The number of hydrogen-bond donors (Lipinski definition) is 1. The van der Waals surface area contributed by atoms with Gasteiger partial charge in [0.2, 0.25) is 5.82 Å². The van der Waals surface area contributed by atoms with Crippen LogP contribution in [0.1, 0.15) is 24.1 Å². The molecule has 21 heavy (non-hydrogen) atoms. The highest BCUT2D eigenvalue weighted by Gasteiger charge is 2.18. The summed E-state index contributed by atoms with van der Waals surface area (Å²) in [5.41, 5.74) is 0.348. The van der Waals surface area contributed by atoms with Gasteiger partial charge in [0.15, 0.2) is 0 Å². The Morgan fingerprint density at radius 2 is 1.86 bits per heavy atom. The van der Waals surface area contributed by atoms with Crippen LogP contribution in [0.2, 0.25) is 0 Å². The Labute approximate surface area is 120 Å². The predicted octanol–water partition coefficient (Wildman–Crippen LogP) is 3.72. The average Bonchev–Trinajstić information content (AvgIpc) is 2.46. The maximum absolute atomic E-state index is 13.6. The van der Waals surface area contributed by atoms with Crippen LogP contribution in [-0.4, -0.2) is 4.92 Å². The molecule has 110 valence electrons. The Bertz CT molecular complexity index is 648. The van der Waals surface area contributed by atoms with Crippen molar-refractivity contribution in [1.29, 1.82) is 0 Å². The standard InChI is InChI=1S/C15H14F2N2O2/c1-10(11-5-3-2-4-6-11)18-9-12-7-15(19(20)21)14(17)8-13(12)16/h2-8,10,18H,9H2,1H3/t10-/m0/s1. The van der Waals surface area contributed by atoms with Crippen molar-refractivity contribution in [2.24, 2.45) is 0 Å². The summed E-state index contributed by atoms with van der Waals surface area (Å²) in [4.78, 5) is 9.81. The summed E-state index contributed by atoms with van der Waals surface area (Å²) in [6.07, 6.45) is 0. The average molecular weight is 292 g/mol. The molecule has 6 heteroatoms. The van der Waals surface area contributed by atoms with Gasteiger partial charge < -0.3 is 5.32 Å². The minimum Gasteiger partial charge on any atom is -0.306 e. The third-order valence-electron chi connectivity index (χ3n) is 3.21. The monoisotopic (exact) mass is 292 g/mol. The molecule has 0 unspecified atom stereocenters. The van der Waals surface area contributed by atoms with Crippen LogP contribution in [0.15, 0.2) is 42.5 Å². The molecule has 1 atom stereocenters. The molecular weight excluding hydrogens is 278 g/mol. The molecule has 4 nitrogen and oxygen atoms in total. The van der Waals surface area contributed by atoms with Crippen molar-refractivity contribution in [2.75, 3.05) is 0 Å². The second kappa shape index (κ2) is 6.41. The summed E-state index contributed by atoms with van der Waals surface area (Å²) >= 11 is 0. The van der Waals surface area contributed by atoms with Crippen molar-refractivity contribution in [1.82, 2.24) is 5.32 Å². The molecular formula is C15H14F2N2O2. The first-order valence-corrected chi connectivity index (χ1v) is 6.39. The molecule has 0 aliphatic heterocycles. The van der Waals surface area contributed by atoms with E-state index in [9.17, 15) is 18.9 Å². The van der Waals surface area contributed by atoms with Crippen LogP contribution in [-0.2, 0) is 6.54 Å². The molecule has 0 saturated carbocycles. The molecule has 0 radical (unpaired) electrons. The number of halogens is 2. The molecule has 2 aromatic carbocycles. The Hall–Kier alpha value is -2.34. The van der Waals surface area contributed by atoms with Gasteiger partial charge in [0, 0.05) is 30.3 Å². The lowest BCUT2D eigenvalue weighted by molar-refractivity contribution is -0.387. The molecule has 0 saturated heterocycles. The third kappa shape index (κ3) is 3.61. The van der Waals surface area contributed by atoms with Crippen molar-refractivity contribution in [3.05, 3.63) is 75.3 Å². The van der Waals surface area contributed by atoms with Crippen molar-refractivity contribution < 1.29 is 13.7 Å². The van der Waals surface area contributed by atoms with Crippen LogP contribution >= 0.6 is 0 Å². The van der Waals surface area contributed by atoms with E-state index < -0.39 is 22.2 Å². The van der Waals surface area contributed by atoms with Crippen LogP contribution in [0.3, 0.4) is 0 Å². The van der Waals surface area contributed by atoms with E-state index in [1.165, 1.54) is 0 Å². The highest BCUT2D eigenvalue weighted by molar-refractivity contribution is 5.37. The molecule has 0 fully saturated rings. The highest BCUT2D eigenvalue weighted by Crippen LogP contribution is 2.22. The molecule has 0 aromatic heterocycles. The lowest BCUT2D eigenvalue weighted by atomic mass is 10.1. The van der Waals surface area contributed by atoms with Crippen LogP contribution < -0.4 is 5.32 Å². The summed E-state index contributed by atoms with van der Waals surface area (Å²) in [5.74, 6) is -1.97. The van der Waals surface area contributed by atoms with Crippen molar-refractivity contribution in [3.63, 3.8) is 0 Å². The Kier molecular flexibility index (Phi) is 4.59. The maximum Gasteiger partial charge on any atom is 0.305 e. The molecule has 0 aliphatic rings. The highest BCUT2D eigenvalue weighted by atomic mass is 19.1. The molecule has 0 amide bonds. The first kappa shape index (κ1) is 15.1. The number of rotatable bonds is 5. The van der Waals surface area contributed by atoms with Gasteiger partial charge in [-0.15, -0.1) is 0 Å². The number of nitro groups is 1. The first-order valence-electron chi connectivity index (χ1n) is 6.39. The lowest BCUT2D eigenvalue weighted by Crippen LogP contribution is -2.19. The van der Waals surface area contributed by atoms with Crippen molar-refractivity contribution in [2.45, 2.75) is 19.5 Å². The predicted molar refractivity (Wildman–Crippen MR) is 74.7 cm³/mol. The van der Waals surface area contributed by atoms with Gasteiger partial charge in [-0.2, -0.15) is 4.39 Å². The molecule has 1 N–H and O–H groups in total. The third-order valence-corrected chi connectivity index (χ3v) is 3.21. The fourth-order valence-corrected chi connectivity index (χ4v) is 1.98. The van der Waals surface area contributed by atoms with Crippen LogP contribution in [0, 0.1) is 21.7 Å². The SMILES string of the molecule is C[C@H](NCc1cc([N+](=O)[O-])c(F)cc1F)c1ccccc1. The van der Waals surface area contributed by atoms with Gasteiger partial charge in [-0.3, -0.25) is 10.1 Å². The van der Waals surface area contributed by atoms with Gasteiger partial charge in [-0.1, -0.05) is 30.3 Å². The quantitative estimate of drug-likeness (QED) is 0.675. The van der Waals surface area contributed by atoms with Gasteiger partial charge in [0.05, 0.1) is 4.92 Å². The zero-order valence-electron chi connectivity index (χ0n) is 11.3. The Balaban J connectivity index is 2.13. The normalized spacial score (nSPS) is 12.1. The van der Waals surface area contributed by atoms with Gasteiger partial charge >= 0.3 is 5.69 Å². The van der Waals surface area contributed by atoms with Crippen molar-refractivity contribution in [3.8, 4) is 0 Å². The topological polar surface area (TPSA) is 55.2 Å². The number of hydrogen-bond acceptors (Lipinski definition) is 3. The minimum atomic E-state index is -1.17.